The van der Waals surface area contributed by atoms with Crippen molar-refractivity contribution in [2.45, 2.75) is 13.3 Å². The van der Waals surface area contributed by atoms with Crippen molar-refractivity contribution in [1.29, 1.82) is 0 Å². The van der Waals surface area contributed by atoms with Gasteiger partial charge in [0.2, 0.25) is 0 Å². The number of azide groups is 1. The highest BCUT2D eigenvalue weighted by Crippen LogP contribution is 2.13. The molecule has 1 aromatic carbocycles. The molecule has 0 radical (unpaired) electrons. The van der Waals surface area contributed by atoms with Gasteiger partial charge >= 0.3 is 0 Å². The molecule has 4 heteroatoms. The van der Waals surface area contributed by atoms with Gasteiger partial charge in [-0.1, -0.05) is 36.3 Å². The number of rotatable bonds is 3. The average molecular weight is 175 g/mol. The highest BCUT2D eigenvalue weighted by atomic mass is 16.1. The molecule has 1 aromatic rings. The van der Waals surface area contributed by atoms with Crippen molar-refractivity contribution in [2.75, 3.05) is 0 Å². The van der Waals surface area contributed by atoms with Gasteiger partial charge in [0.15, 0.2) is 5.78 Å². The Morgan fingerprint density at radius 2 is 2.08 bits per heavy atom. The molecule has 0 saturated heterocycles. The molecule has 0 aliphatic carbocycles. The Balaban J connectivity index is 2.93. The van der Waals surface area contributed by atoms with Crippen molar-refractivity contribution in [3.8, 4) is 0 Å². The van der Waals surface area contributed by atoms with Crippen molar-refractivity contribution in [1.82, 2.24) is 0 Å². The van der Waals surface area contributed by atoms with Crippen LogP contribution in [-0.4, -0.2) is 5.78 Å². The summed E-state index contributed by atoms with van der Waals surface area (Å²) in [6.45, 7) is 1.81. The molecule has 0 N–H and O–H groups in total. The standard InChI is InChI=1S/C9H9N3O/c1-2-9(13)7-3-5-8(6-4-7)11-12-10/h3-6H,2H2,1H3. The second-order valence-electron chi connectivity index (χ2n) is 2.51. The molecule has 0 heterocycles. The minimum absolute atomic E-state index is 0.0903. The van der Waals surface area contributed by atoms with Crippen LogP contribution in [-0.2, 0) is 0 Å². The molecule has 0 atom stereocenters. The van der Waals surface area contributed by atoms with E-state index in [1.807, 2.05) is 6.92 Å². The number of carbonyl (C=O) groups excluding carboxylic acids is 1. The van der Waals surface area contributed by atoms with Crippen LogP contribution in [0, 0.1) is 0 Å². The molecule has 13 heavy (non-hydrogen) atoms. The molecule has 0 aromatic heterocycles. The van der Waals surface area contributed by atoms with Crippen molar-refractivity contribution in [2.24, 2.45) is 5.11 Å². The van der Waals surface area contributed by atoms with Gasteiger partial charge in [0.05, 0.1) is 0 Å². The van der Waals surface area contributed by atoms with Crippen LogP contribution in [0.2, 0.25) is 0 Å². The molecule has 0 aliphatic heterocycles. The molecular weight excluding hydrogens is 166 g/mol. The normalized spacial score (nSPS) is 9.00. The first-order valence-corrected chi connectivity index (χ1v) is 3.96. The van der Waals surface area contributed by atoms with Crippen molar-refractivity contribution < 1.29 is 4.79 Å². The van der Waals surface area contributed by atoms with Crippen LogP contribution in [0.3, 0.4) is 0 Å². The predicted octanol–water partition coefficient (Wildman–Crippen LogP) is 3.22. The van der Waals surface area contributed by atoms with Gasteiger partial charge in [-0.2, -0.15) is 0 Å². The van der Waals surface area contributed by atoms with Crippen LogP contribution in [0.25, 0.3) is 10.4 Å². The van der Waals surface area contributed by atoms with Gasteiger partial charge in [-0.3, -0.25) is 4.79 Å². The Hall–Kier alpha value is -1.80. The lowest BCUT2D eigenvalue weighted by Crippen LogP contribution is -1.94. The summed E-state index contributed by atoms with van der Waals surface area (Å²) in [5.41, 5.74) is 9.31. The summed E-state index contributed by atoms with van der Waals surface area (Å²) in [5, 5.41) is 3.40. The van der Waals surface area contributed by atoms with Crippen LogP contribution in [0.1, 0.15) is 23.7 Å². The Labute approximate surface area is 75.8 Å². The zero-order valence-corrected chi connectivity index (χ0v) is 7.27. The summed E-state index contributed by atoms with van der Waals surface area (Å²) in [5.74, 6) is 0.0903. The maximum Gasteiger partial charge on any atom is 0.162 e. The smallest absolute Gasteiger partial charge is 0.162 e. The minimum Gasteiger partial charge on any atom is -0.294 e. The molecule has 0 fully saturated rings. The number of Topliss-reactive ketones (excluding diaryl/α,β-unsaturated/α-hetero) is 1. The summed E-state index contributed by atoms with van der Waals surface area (Å²) < 4.78 is 0. The molecule has 0 bridgehead atoms. The molecule has 66 valence electrons. The first kappa shape index (κ1) is 9.29. The number of hydrogen-bond donors (Lipinski definition) is 0. The van der Waals surface area contributed by atoms with E-state index < -0.39 is 0 Å². The number of benzene rings is 1. The topological polar surface area (TPSA) is 65.8 Å². The van der Waals surface area contributed by atoms with E-state index in [9.17, 15) is 4.79 Å². The van der Waals surface area contributed by atoms with Gasteiger partial charge in [-0.05, 0) is 5.53 Å². The third-order valence-electron chi connectivity index (χ3n) is 1.67. The number of nitrogens with zero attached hydrogens (tertiary/aromatic N) is 3. The first-order chi connectivity index (χ1) is 6.27. The Kier molecular flexibility index (Phi) is 3.06. The summed E-state index contributed by atoms with van der Waals surface area (Å²) in [4.78, 5) is 13.8. The van der Waals surface area contributed by atoms with Gasteiger partial charge in [-0.15, -0.1) is 0 Å². The van der Waals surface area contributed by atoms with Crippen molar-refractivity contribution in [3.63, 3.8) is 0 Å². The molecule has 0 aliphatic rings. The molecule has 0 spiro atoms. The van der Waals surface area contributed by atoms with E-state index in [1.54, 1.807) is 24.3 Å². The quantitative estimate of drug-likeness (QED) is 0.301. The number of hydrogen-bond acceptors (Lipinski definition) is 2. The molecule has 4 nitrogen and oxygen atoms in total. The molecule has 0 amide bonds. The molecular formula is C9H9N3O. The monoisotopic (exact) mass is 175 g/mol. The van der Waals surface area contributed by atoms with Crippen molar-refractivity contribution in [3.05, 3.63) is 40.3 Å². The van der Waals surface area contributed by atoms with E-state index in [1.165, 1.54) is 0 Å². The first-order valence-electron chi connectivity index (χ1n) is 3.96. The highest BCUT2D eigenvalue weighted by Gasteiger charge is 2.00. The van der Waals surface area contributed by atoms with E-state index in [0.717, 1.165) is 0 Å². The van der Waals surface area contributed by atoms with Crippen molar-refractivity contribution >= 4 is 11.5 Å². The minimum atomic E-state index is 0.0903. The SMILES string of the molecule is CCC(=O)c1ccc(N=[N+]=[N-])cc1. The van der Waals surface area contributed by atoms with E-state index in [2.05, 4.69) is 10.0 Å². The molecule has 0 saturated carbocycles. The summed E-state index contributed by atoms with van der Waals surface area (Å²) in [6.07, 6.45) is 0.487. The Morgan fingerprint density at radius 3 is 2.54 bits per heavy atom. The third kappa shape index (κ3) is 2.32. The summed E-state index contributed by atoms with van der Waals surface area (Å²) in [6, 6.07) is 6.58. The lowest BCUT2D eigenvalue weighted by atomic mass is 10.1. The zero-order chi connectivity index (χ0) is 9.68. The van der Waals surface area contributed by atoms with Crippen LogP contribution in [0.5, 0.6) is 0 Å². The average Bonchev–Trinajstić information content (AvgIpc) is 2.18. The molecule has 1 rings (SSSR count). The number of carbonyl (C=O) groups is 1. The Bertz CT molecular complexity index is 350. The van der Waals surface area contributed by atoms with E-state index in [-0.39, 0.29) is 5.78 Å². The van der Waals surface area contributed by atoms with Gasteiger partial charge < -0.3 is 0 Å². The predicted molar refractivity (Wildman–Crippen MR) is 49.9 cm³/mol. The molecule has 0 unspecified atom stereocenters. The number of ketones is 1. The third-order valence-corrected chi connectivity index (χ3v) is 1.67. The van der Waals surface area contributed by atoms with Gasteiger partial charge in [0.1, 0.15) is 0 Å². The summed E-state index contributed by atoms with van der Waals surface area (Å²) >= 11 is 0. The van der Waals surface area contributed by atoms with Crippen LogP contribution in [0.4, 0.5) is 5.69 Å². The van der Waals surface area contributed by atoms with E-state index in [4.69, 9.17) is 5.53 Å². The fourth-order valence-electron chi connectivity index (χ4n) is 0.970. The second-order valence-corrected chi connectivity index (χ2v) is 2.51. The second kappa shape index (κ2) is 4.28. The Morgan fingerprint density at radius 1 is 1.46 bits per heavy atom. The van der Waals surface area contributed by atoms with Crippen LogP contribution >= 0.6 is 0 Å². The lowest BCUT2D eigenvalue weighted by molar-refractivity contribution is 0.0988. The fourth-order valence-corrected chi connectivity index (χ4v) is 0.970. The maximum atomic E-state index is 11.2. The maximum absolute atomic E-state index is 11.2. The summed E-state index contributed by atoms with van der Waals surface area (Å²) in [7, 11) is 0. The van der Waals surface area contributed by atoms with E-state index >= 15 is 0 Å². The zero-order valence-electron chi connectivity index (χ0n) is 7.27. The van der Waals surface area contributed by atoms with Gasteiger partial charge in [0, 0.05) is 22.6 Å². The lowest BCUT2D eigenvalue weighted by Gasteiger charge is -1.96. The van der Waals surface area contributed by atoms with E-state index in [0.29, 0.717) is 17.7 Å². The van der Waals surface area contributed by atoms with Crippen LogP contribution in [0.15, 0.2) is 29.4 Å². The largest absolute Gasteiger partial charge is 0.294 e. The van der Waals surface area contributed by atoms with Gasteiger partial charge in [-0.25, -0.2) is 0 Å². The van der Waals surface area contributed by atoms with Crippen LogP contribution < -0.4 is 0 Å². The highest BCUT2D eigenvalue weighted by molar-refractivity contribution is 5.96. The fraction of sp³-hybridized carbons (Fsp3) is 0.222. The van der Waals surface area contributed by atoms with Gasteiger partial charge in [0.25, 0.3) is 0 Å².